The Balaban J connectivity index is 1.63. The summed E-state index contributed by atoms with van der Waals surface area (Å²) in [5, 5.41) is 2.62. The van der Waals surface area contributed by atoms with E-state index < -0.39 is 18.9 Å². The molecule has 1 aromatic rings. The van der Waals surface area contributed by atoms with E-state index in [1.807, 2.05) is 17.9 Å². The highest BCUT2D eigenvalue weighted by molar-refractivity contribution is 5.90. The quantitative estimate of drug-likeness (QED) is 0.262. The van der Waals surface area contributed by atoms with Crippen LogP contribution in [0.1, 0.15) is 32.3 Å². The lowest BCUT2D eigenvalue weighted by Gasteiger charge is -2.33. The van der Waals surface area contributed by atoms with Crippen molar-refractivity contribution in [2.75, 3.05) is 31.3 Å². The van der Waals surface area contributed by atoms with E-state index in [0.717, 1.165) is 5.56 Å². The van der Waals surface area contributed by atoms with E-state index in [0.29, 0.717) is 44.1 Å². The summed E-state index contributed by atoms with van der Waals surface area (Å²) in [6, 6.07) is 2.94. The van der Waals surface area contributed by atoms with E-state index in [1.54, 1.807) is 6.07 Å². The first-order valence-electron chi connectivity index (χ1n) is 11.2. The number of anilines is 1. The van der Waals surface area contributed by atoms with Crippen LogP contribution < -0.4 is 20.7 Å². The maximum atomic E-state index is 13.9. The highest BCUT2D eigenvalue weighted by Gasteiger charge is 2.76. The van der Waals surface area contributed by atoms with Crippen LogP contribution in [0.4, 0.5) is 19.0 Å². The molecular formula is C22H29F3N5O4+. The lowest BCUT2D eigenvalue weighted by Crippen LogP contribution is -2.50. The van der Waals surface area contributed by atoms with E-state index in [9.17, 15) is 22.8 Å². The molecule has 0 bridgehead atoms. The minimum atomic E-state index is -4.46. The monoisotopic (exact) mass is 484 g/mol. The molecule has 3 aliphatic heterocycles. The Kier molecular flexibility index (Phi) is 6.58. The number of carbonyl (C=O) groups is 2. The summed E-state index contributed by atoms with van der Waals surface area (Å²) in [5.74, 6) is 0.0461. The first-order valence-corrected chi connectivity index (χ1v) is 11.2. The van der Waals surface area contributed by atoms with Crippen molar-refractivity contribution >= 4 is 17.6 Å². The number of rotatable bonds is 7. The normalized spacial score (nSPS) is 26.6. The number of carbonyl (C=O) groups excluding carboxylic acids is 2. The number of halogens is 3. The molecule has 4 heterocycles. The van der Waals surface area contributed by atoms with Gasteiger partial charge >= 0.3 is 12.1 Å². The zero-order chi connectivity index (χ0) is 24.7. The molecule has 1 aromatic heterocycles. The molecule has 4 rings (SSSR count). The van der Waals surface area contributed by atoms with Gasteiger partial charge in [-0.15, -0.1) is 0 Å². The number of amides is 2. The molecule has 3 N–H and O–H groups in total. The number of ether oxygens (including phenoxy) is 2. The summed E-state index contributed by atoms with van der Waals surface area (Å²) >= 11 is 0. The zero-order valence-corrected chi connectivity index (χ0v) is 19.1. The van der Waals surface area contributed by atoms with Crippen molar-refractivity contribution in [3.63, 3.8) is 0 Å². The van der Waals surface area contributed by atoms with Crippen molar-refractivity contribution in [1.29, 1.82) is 0 Å². The number of quaternary nitrogens is 1. The van der Waals surface area contributed by atoms with Crippen molar-refractivity contribution in [2.24, 2.45) is 5.73 Å². The predicted octanol–water partition coefficient (Wildman–Crippen LogP) is 1.57. The molecule has 0 saturated carbocycles. The number of nitrogens with one attached hydrogen (secondary N) is 1. The van der Waals surface area contributed by atoms with Crippen LogP contribution in [0, 0.1) is 0 Å². The maximum absolute atomic E-state index is 13.9. The number of nitrogens with zero attached hydrogens (tertiary/aromatic N) is 3. The molecule has 0 aliphatic carbocycles. The van der Waals surface area contributed by atoms with Gasteiger partial charge in [0.25, 0.3) is 0 Å². The topological polar surface area (TPSA) is 107 Å². The summed E-state index contributed by atoms with van der Waals surface area (Å²) in [7, 11) is 0. The van der Waals surface area contributed by atoms with E-state index in [-0.39, 0.29) is 40.8 Å². The average molecular weight is 484 g/mol. The molecule has 12 heteroatoms. The number of pyridine rings is 1. The fourth-order valence-corrected chi connectivity index (χ4v) is 5.06. The number of alkyl halides is 3. The standard InChI is InChI=1S/C22H28F3N5O4/c1-3-4-14(9-17(26)27-13(2)31)21(32)30-10-15-5-6-18(34-12-22(23,24)25)28-19(15)29-7-8-33-11-16(30)20(29)30/h4-6,16-17,20H,3,7-12,26H2,1-2H3/p+1/b14-4+. The van der Waals surface area contributed by atoms with Crippen molar-refractivity contribution in [2.45, 2.75) is 57.8 Å². The minimum absolute atomic E-state index is 0.0869. The van der Waals surface area contributed by atoms with Crippen molar-refractivity contribution in [3.05, 3.63) is 29.3 Å². The van der Waals surface area contributed by atoms with Crippen molar-refractivity contribution in [3.8, 4) is 5.88 Å². The molecule has 186 valence electrons. The van der Waals surface area contributed by atoms with Gasteiger partial charge < -0.3 is 20.5 Å². The molecule has 2 saturated heterocycles. The first kappa shape index (κ1) is 24.4. The number of allylic oxidation sites excluding steroid dienone is 1. The van der Waals surface area contributed by atoms with Crippen LogP contribution in [0.3, 0.4) is 0 Å². The molecule has 0 aromatic carbocycles. The Morgan fingerprint density at radius 3 is 2.88 bits per heavy atom. The Morgan fingerprint density at radius 1 is 1.44 bits per heavy atom. The number of hydrogen-bond donors (Lipinski definition) is 2. The fraction of sp³-hybridized carbons (Fsp3) is 0.591. The van der Waals surface area contributed by atoms with Crippen molar-refractivity contribution in [1.82, 2.24) is 10.3 Å². The van der Waals surface area contributed by atoms with Crippen LogP contribution in [0.5, 0.6) is 5.88 Å². The molecule has 3 aliphatic rings. The summed E-state index contributed by atoms with van der Waals surface area (Å²) in [6.45, 7) is 3.46. The number of aromatic nitrogens is 1. The molecule has 4 atom stereocenters. The summed E-state index contributed by atoms with van der Waals surface area (Å²) in [6.07, 6.45) is -2.73. The van der Waals surface area contributed by atoms with Gasteiger partial charge in [-0.1, -0.05) is 13.0 Å². The SMILES string of the molecule is CC/C=C(\CC(N)NC(C)=O)C(=O)[N+]12Cc3ccc(OCC(F)(F)F)nc3N3CCOCC1C32. The van der Waals surface area contributed by atoms with Crippen LogP contribution in [0.15, 0.2) is 23.8 Å². The zero-order valence-electron chi connectivity index (χ0n) is 19.1. The predicted molar refractivity (Wildman–Crippen MR) is 115 cm³/mol. The number of hydrogen-bond acceptors (Lipinski definition) is 7. The molecule has 34 heavy (non-hydrogen) atoms. The second-order valence-corrected chi connectivity index (χ2v) is 8.83. The Labute approximate surface area is 195 Å². The molecule has 9 nitrogen and oxygen atoms in total. The van der Waals surface area contributed by atoms with Gasteiger partial charge in [-0.25, -0.2) is 9.28 Å². The Morgan fingerprint density at radius 2 is 2.21 bits per heavy atom. The highest BCUT2D eigenvalue weighted by atomic mass is 19.4. The van der Waals surface area contributed by atoms with E-state index >= 15 is 0 Å². The van der Waals surface area contributed by atoms with Gasteiger partial charge in [0.1, 0.15) is 19.0 Å². The third-order valence-corrected chi connectivity index (χ3v) is 6.35. The van der Waals surface area contributed by atoms with Crippen molar-refractivity contribution < 1.29 is 36.7 Å². The Hall–Kier alpha value is -2.70. The van der Waals surface area contributed by atoms with Crippen LogP contribution in [-0.2, 0) is 20.9 Å². The lowest BCUT2D eigenvalue weighted by molar-refractivity contribution is -0.763. The summed E-state index contributed by atoms with van der Waals surface area (Å²) < 4.78 is 48.5. The Bertz CT molecular complexity index is 1000. The van der Waals surface area contributed by atoms with E-state index in [4.69, 9.17) is 15.2 Å². The smallest absolute Gasteiger partial charge is 0.422 e. The summed E-state index contributed by atoms with van der Waals surface area (Å²) in [5.41, 5.74) is 7.34. The van der Waals surface area contributed by atoms with Gasteiger partial charge in [-0.05, 0) is 12.5 Å². The third-order valence-electron chi connectivity index (χ3n) is 6.35. The van der Waals surface area contributed by atoms with E-state index in [1.165, 1.54) is 13.0 Å². The van der Waals surface area contributed by atoms with Gasteiger partial charge in [0.15, 0.2) is 12.6 Å². The number of nitrogens with two attached hydrogens (primary N) is 1. The fourth-order valence-electron chi connectivity index (χ4n) is 5.06. The molecule has 0 radical (unpaired) electrons. The molecule has 2 amide bonds. The van der Waals surface area contributed by atoms with Crippen LogP contribution in [0.25, 0.3) is 0 Å². The van der Waals surface area contributed by atoms with Crippen LogP contribution in [0.2, 0.25) is 0 Å². The highest BCUT2D eigenvalue weighted by Crippen LogP contribution is 2.53. The van der Waals surface area contributed by atoms with Crippen LogP contribution in [-0.4, -0.2) is 72.2 Å². The first-order chi connectivity index (χ1) is 16.1. The molecule has 2 fully saturated rings. The maximum Gasteiger partial charge on any atom is 0.422 e. The van der Waals surface area contributed by atoms with Gasteiger partial charge in [0, 0.05) is 31.5 Å². The second kappa shape index (κ2) is 9.16. The molecule has 4 unspecified atom stereocenters. The average Bonchev–Trinajstić information content (AvgIpc) is 3.46. The van der Waals surface area contributed by atoms with Gasteiger partial charge in [-0.2, -0.15) is 18.2 Å². The minimum Gasteiger partial charge on any atom is -0.468 e. The second-order valence-electron chi connectivity index (χ2n) is 8.83. The molecular weight excluding hydrogens is 455 g/mol. The largest absolute Gasteiger partial charge is 0.468 e. The number of fused-ring (bicyclic) bond motifs is 3. The molecule has 0 spiro atoms. The van der Waals surface area contributed by atoms with E-state index in [2.05, 4.69) is 10.3 Å². The van der Waals surface area contributed by atoms with Gasteiger partial charge in [0.05, 0.1) is 18.3 Å². The summed E-state index contributed by atoms with van der Waals surface area (Å²) in [4.78, 5) is 31.6. The third kappa shape index (κ3) is 4.62. The van der Waals surface area contributed by atoms with Gasteiger partial charge in [0.2, 0.25) is 18.0 Å². The van der Waals surface area contributed by atoms with Gasteiger partial charge in [-0.3, -0.25) is 9.69 Å². The van der Waals surface area contributed by atoms with Crippen LogP contribution >= 0.6 is 0 Å². The lowest BCUT2D eigenvalue weighted by atomic mass is 10.1.